The standard InChI is InChI=1S/C15H17NO3S2/c1-11-8-9-20-15(11)14-13(10-19-16(14)2)21(17,18)12-6-4-3-5-7-12/h3-9,13-14H,10H2,1-2H3/t13-,14-/m1/s1. The van der Waals surface area contributed by atoms with Crippen molar-refractivity contribution in [1.29, 1.82) is 0 Å². The summed E-state index contributed by atoms with van der Waals surface area (Å²) in [5.41, 5.74) is 1.11. The van der Waals surface area contributed by atoms with Crippen LogP contribution in [0.3, 0.4) is 0 Å². The van der Waals surface area contributed by atoms with Gasteiger partial charge in [-0.2, -0.15) is 5.06 Å². The van der Waals surface area contributed by atoms with E-state index in [1.807, 2.05) is 24.4 Å². The Morgan fingerprint density at radius 3 is 2.57 bits per heavy atom. The van der Waals surface area contributed by atoms with Gasteiger partial charge in [-0.05, 0) is 36.1 Å². The fraction of sp³-hybridized carbons (Fsp3) is 0.333. The molecule has 2 atom stereocenters. The maximum Gasteiger partial charge on any atom is 0.185 e. The van der Waals surface area contributed by atoms with E-state index in [2.05, 4.69) is 0 Å². The average molecular weight is 323 g/mol. The first-order valence-electron chi connectivity index (χ1n) is 6.70. The lowest BCUT2D eigenvalue weighted by atomic mass is 10.1. The van der Waals surface area contributed by atoms with Crippen LogP contribution in [0.5, 0.6) is 0 Å². The van der Waals surface area contributed by atoms with Crippen LogP contribution in [0.4, 0.5) is 0 Å². The number of sulfone groups is 1. The van der Waals surface area contributed by atoms with Crippen LogP contribution in [0.2, 0.25) is 0 Å². The van der Waals surface area contributed by atoms with Gasteiger partial charge in [0, 0.05) is 11.9 Å². The molecule has 0 aliphatic carbocycles. The lowest BCUT2D eigenvalue weighted by Crippen LogP contribution is -2.30. The number of hydroxylamine groups is 2. The number of rotatable bonds is 3. The summed E-state index contributed by atoms with van der Waals surface area (Å²) in [5.74, 6) is 0. The number of benzene rings is 1. The minimum absolute atomic E-state index is 0.190. The number of hydrogen-bond donors (Lipinski definition) is 0. The number of nitrogens with zero attached hydrogens (tertiary/aromatic N) is 1. The summed E-state index contributed by atoms with van der Waals surface area (Å²) in [6.45, 7) is 2.19. The van der Waals surface area contributed by atoms with Crippen molar-refractivity contribution >= 4 is 21.2 Å². The molecule has 21 heavy (non-hydrogen) atoms. The van der Waals surface area contributed by atoms with Crippen LogP contribution in [0, 0.1) is 6.92 Å². The Labute approximate surface area is 128 Å². The fourth-order valence-electron chi connectivity index (χ4n) is 2.66. The van der Waals surface area contributed by atoms with Gasteiger partial charge in [0.1, 0.15) is 5.25 Å². The van der Waals surface area contributed by atoms with Crippen LogP contribution in [0.15, 0.2) is 46.7 Å². The van der Waals surface area contributed by atoms with E-state index in [1.165, 1.54) is 0 Å². The highest BCUT2D eigenvalue weighted by Gasteiger charge is 2.44. The zero-order valence-electron chi connectivity index (χ0n) is 11.9. The van der Waals surface area contributed by atoms with Crippen molar-refractivity contribution in [2.75, 3.05) is 13.7 Å². The summed E-state index contributed by atoms with van der Waals surface area (Å²) in [5, 5.41) is 3.08. The Balaban J connectivity index is 2.03. The zero-order chi connectivity index (χ0) is 15.0. The van der Waals surface area contributed by atoms with Crippen LogP contribution >= 0.6 is 11.3 Å². The van der Waals surface area contributed by atoms with Gasteiger partial charge in [-0.15, -0.1) is 11.3 Å². The van der Waals surface area contributed by atoms with E-state index in [4.69, 9.17) is 4.84 Å². The molecule has 1 fully saturated rings. The molecule has 0 unspecified atom stereocenters. The summed E-state index contributed by atoms with van der Waals surface area (Å²) in [7, 11) is -1.63. The van der Waals surface area contributed by atoms with Crippen molar-refractivity contribution in [2.45, 2.75) is 23.1 Å². The number of aryl methyl sites for hydroxylation is 1. The molecule has 0 spiro atoms. The van der Waals surface area contributed by atoms with Gasteiger partial charge < -0.3 is 0 Å². The van der Waals surface area contributed by atoms with Crippen molar-refractivity contribution in [3.8, 4) is 0 Å². The molecule has 0 N–H and O–H groups in total. The van der Waals surface area contributed by atoms with Crippen LogP contribution in [0.1, 0.15) is 16.5 Å². The second-order valence-electron chi connectivity index (χ2n) is 5.15. The Kier molecular flexibility index (Phi) is 3.88. The Morgan fingerprint density at radius 1 is 1.24 bits per heavy atom. The highest BCUT2D eigenvalue weighted by molar-refractivity contribution is 7.92. The van der Waals surface area contributed by atoms with Gasteiger partial charge in [0.2, 0.25) is 0 Å². The normalized spacial score (nSPS) is 23.5. The molecule has 1 aliphatic heterocycles. The van der Waals surface area contributed by atoms with E-state index in [0.29, 0.717) is 4.90 Å². The largest absolute Gasteiger partial charge is 0.297 e. The summed E-state index contributed by atoms with van der Waals surface area (Å²) >= 11 is 1.58. The van der Waals surface area contributed by atoms with Crippen molar-refractivity contribution in [2.24, 2.45) is 0 Å². The van der Waals surface area contributed by atoms with Crippen LogP contribution in [-0.4, -0.2) is 32.4 Å². The third-order valence-corrected chi connectivity index (χ3v) is 7.04. The highest BCUT2D eigenvalue weighted by atomic mass is 32.2. The first-order chi connectivity index (χ1) is 10.0. The van der Waals surface area contributed by atoms with E-state index >= 15 is 0 Å². The fourth-order valence-corrected chi connectivity index (χ4v) is 5.65. The highest BCUT2D eigenvalue weighted by Crippen LogP contribution is 2.39. The molecular formula is C15H17NO3S2. The summed E-state index contributed by atoms with van der Waals surface area (Å²) in [6.07, 6.45) is 0. The van der Waals surface area contributed by atoms with E-state index in [-0.39, 0.29) is 12.6 Å². The predicted molar refractivity (Wildman–Crippen MR) is 82.9 cm³/mol. The van der Waals surface area contributed by atoms with Gasteiger partial charge in [0.15, 0.2) is 9.84 Å². The molecule has 0 bridgehead atoms. The average Bonchev–Trinajstić information content (AvgIpc) is 3.05. The molecule has 4 nitrogen and oxygen atoms in total. The molecule has 1 aromatic heterocycles. The zero-order valence-corrected chi connectivity index (χ0v) is 13.5. The smallest absolute Gasteiger partial charge is 0.185 e. The minimum atomic E-state index is -3.42. The van der Waals surface area contributed by atoms with Crippen LogP contribution < -0.4 is 0 Å². The van der Waals surface area contributed by atoms with Gasteiger partial charge in [-0.25, -0.2) is 8.42 Å². The molecule has 2 heterocycles. The summed E-state index contributed by atoms with van der Waals surface area (Å²) in [4.78, 5) is 6.94. The molecule has 112 valence electrons. The molecule has 6 heteroatoms. The minimum Gasteiger partial charge on any atom is -0.297 e. The maximum absolute atomic E-state index is 12.9. The second kappa shape index (κ2) is 5.53. The van der Waals surface area contributed by atoms with Gasteiger partial charge in [0.25, 0.3) is 0 Å². The van der Waals surface area contributed by atoms with Gasteiger partial charge in [-0.1, -0.05) is 18.2 Å². The Hall–Kier alpha value is -1.21. The van der Waals surface area contributed by atoms with E-state index < -0.39 is 15.1 Å². The van der Waals surface area contributed by atoms with Crippen LogP contribution in [-0.2, 0) is 14.7 Å². The maximum atomic E-state index is 12.9. The molecule has 1 saturated heterocycles. The summed E-state index contributed by atoms with van der Waals surface area (Å²) < 4.78 is 25.8. The lowest BCUT2D eigenvalue weighted by molar-refractivity contribution is -0.110. The quantitative estimate of drug-likeness (QED) is 0.871. The van der Waals surface area contributed by atoms with E-state index in [1.54, 1.807) is 47.7 Å². The van der Waals surface area contributed by atoms with E-state index in [9.17, 15) is 8.42 Å². The second-order valence-corrected chi connectivity index (χ2v) is 8.27. The topological polar surface area (TPSA) is 46.6 Å². The van der Waals surface area contributed by atoms with Crippen molar-refractivity contribution in [3.05, 3.63) is 52.2 Å². The van der Waals surface area contributed by atoms with Crippen molar-refractivity contribution in [3.63, 3.8) is 0 Å². The SMILES string of the molecule is Cc1ccsc1[C@H]1[C@H](S(=O)(=O)c2ccccc2)CON1C. The Bertz CT molecular complexity index is 724. The third-order valence-electron chi connectivity index (χ3n) is 3.83. The monoisotopic (exact) mass is 323 g/mol. The third kappa shape index (κ3) is 2.53. The predicted octanol–water partition coefficient (Wildman–Crippen LogP) is 2.82. The lowest BCUT2D eigenvalue weighted by Gasteiger charge is -2.22. The van der Waals surface area contributed by atoms with E-state index in [0.717, 1.165) is 10.4 Å². The van der Waals surface area contributed by atoms with Gasteiger partial charge in [-0.3, -0.25) is 4.84 Å². The van der Waals surface area contributed by atoms with Crippen LogP contribution in [0.25, 0.3) is 0 Å². The first kappa shape index (κ1) is 14.7. The molecule has 1 aromatic carbocycles. The van der Waals surface area contributed by atoms with Crippen molar-refractivity contribution < 1.29 is 13.3 Å². The summed E-state index contributed by atoms with van der Waals surface area (Å²) in [6, 6.07) is 10.4. The molecule has 3 rings (SSSR count). The molecule has 0 radical (unpaired) electrons. The first-order valence-corrected chi connectivity index (χ1v) is 9.13. The molecule has 1 aliphatic rings. The van der Waals surface area contributed by atoms with Crippen molar-refractivity contribution in [1.82, 2.24) is 5.06 Å². The number of hydrogen-bond acceptors (Lipinski definition) is 5. The molecule has 2 aromatic rings. The molecular weight excluding hydrogens is 306 g/mol. The molecule has 0 amide bonds. The molecule has 0 saturated carbocycles. The number of thiophene rings is 1. The Morgan fingerprint density at radius 2 is 1.95 bits per heavy atom. The van der Waals surface area contributed by atoms with Gasteiger partial charge in [0.05, 0.1) is 17.5 Å². The van der Waals surface area contributed by atoms with Gasteiger partial charge >= 0.3 is 0 Å².